The molecule has 1 aromatic carbocycles. The van der Waals surface area contributed by atoms with Crippen molar-refractivity contribution in [3.8, 4) is 5.69 Å². The van der Waals surface area contributed by atoms with Crippen LogP contribution in [0, 0.1) is 6.92 Å². The minimum Gasteiger partial charge on any atom is -0.377 e. The Hall–Kier alpha value is -2.76. The van der Waals surface area contributed by atoms with Crippen LogP contribution in [0.25, 0.3) is 5.69 Å². The average Bonchev–Trinajstić information content (AvgIpc) is 3.04. The third kappa shape index (κ3) is 2.89. The van der Waals surface area contributed by atoms with Crippen LogP contribution in [-0.2, 0) is 0 Å². The topological polar surface area (TPSA) is 68.5 Å². The van der Waals surface area contributed by atoms with Crippen molar-refractivity contribution < 1.29 is 0 Å². The molecule has 3 rings (SSSR count). The van der Waals surface area contributed by atoms with E-state index in [1.807, 2.05) is 24.4 Å². The quantitative estimate of drug-likeness (QED) is 0.795. The van der Waals surface area contributed by atoms with E-state index in [-0.39, 0.29) is 6.04 Å². The SMILES string of the molecule is Cc1ccncc1NC(C)c1cccc(-n2cnnn2)c1. The molecular weight excluding hydrogens is 264 g/mol. The smallest absolute Gasteiger partial charge is 0.143 e. The lowest BCUT2D eigenvalue weighted by atomic mass is 10.1. The highest BCUT2D eigenvalue weighted by Crippen LogP contribution is 2.22. The molecule has 2 aromatic heterocycles. The van der Waals surface area contributed by atoms with Crippen LogP contribution in [0.3, 0.4) is 0 Å². The van der Waals surface area contributed by atoms with Gasteiger partial charge in [-0.2, -0.15) is 0 Å². The lowest BCUT2D eigenvalue weighted by Crippen LogP contribution is -2.08. The third-order valence-electron chi connectivity index (χ3n) is 3.39. The Bertz CT molecular complexity index is 723. The molecule has 0 amide bonds. The number of pyridine rings is 1. The molecule has 0 saturated carbocycles. The van der Waals surface area contributed by atoms with Crippen molar-refractivity contribution in [2.75, 3.05) is 5.32 Å². The second kappa shape index (κ2) is 5.70. The van der Waals surface area contributed by atoms with Crippen LogP contribution in [0.5, 0.6) is 0 Å². The first-order chi connectivity index (χ1) is 10.2. The maximum absolute atomic E-state index is 4.16. The molecule has 0 radical (unpaired) electrons. The minimum atomic E-state index is 0.157. The Kier molecular flexibility index (Phi) is 3.59. The van der Waals surface area contributed by atoms with Crippen molar-refractivity contribution in [2.45, 2.75) is 19.9 Å². The van der Waals surface area contributed by atoms with Gasteiger partial charge in [-0.1, -0.05) is 12.1 Å². The number of hydrogen-bond donors (Lipinski definition) is 1. The van der Waals surface area contributed by atoms with E-state index in [0.29, 0.717) is 0 Å². The summed E-state index contributed by atoms with van der Waals surface area (Å²) in [6.07, 6.45) is 5.23. The first-order valence-corrected chi connectivity index (χ1v) is 6.74. The molecule has 2 heterocycles. The number of rotatable bonds is 4. The zero-order valence-electron chi connectivity index (χ0n) is 11.9. The van der Waals surface area contributed by atoms with Gasteiger partial charge in [0, 0.05) is 12.2 Å². The number of anilines is 1. The number of tetrazole rings is 1. The van der Waals surface area contributed by atoms with Crippen molar-refractivity contribution in [1.82, 2.24) is 25.2 Å². The van der Waals surface area contributed by atoms with Crippen molar-refractivity contribution in [3.63, 3.8) is 0 Å². The molecule has 6 nitrogen and oxygen atoms in total. The van der Waals surface area contributed by atoms with Gasteiger partial charge in [0.1, 0.15) is 6.33 Å². The molecule has 21 heavy (non-hydrogen) atoms. The van der Waals surface area contributed by atoms with Gasteiger partial charge in [-0.3, -0.25) is 4.98 Å². The number of aromatic nitrogens is 5. The maximum atomic E-state index is 4.16. The highest BCUT2D eigenvalue weighted by atomic mass is 15.5. The van der Waals surface area contributed by atoms with Gasteiger partial charge < -0.3 is 5.32 Å². The number of benzene rings is 1. The fourth-order valence-corrected chi connectivity index (χ4v) is 2.15. The van der Waals surface area contributed by atoms with Crippen molar-refractivity contribution in [1.29, 1.82) is 0 Å². The molecular formula is C15H16N6. The Morgan fingerprint density at radius 1 is 1.24 bits per heavy atom. The molecule has 0 bridgehead atoms. The second-order valence-electron chi connectivity index (χ2n) is 4.91. The zero-order chi connectivity index (χ0) is 14.7. The molecule has 1 atom stereocenters. The zero-order valence-corrected chi connectivity index (χ0v) is 11.9. The molecule has 0 aliphatic rings. The second-order valence-corrected chi connectivity index (χ2v) is 4.91. The van der Waals surface area contributed by atoms with Gasteiger partial charge in [0.05, 0.1) is 17.6 Å². The van der Waals surface area contributed by atoms with Crippen LogP contribution in [0.4, 0.5) is 5.69 Å². The van der Waals surface area contributed by atoms with E-state index in [4.69, 9.17) is 0 Å². The number of nitrogens with one attached hydrogen (secondary N) is 1. The van der Waals surface area contributed by atoms with E-state index in [0.717, 1.165) is 16.9 Å². The van der Waals surface area contributed by atoms with E-state index in [2.05, 4.69) is 51.8 Å². The van der Waals surface area contributed by atoms with E-state index >= 15 is 0 Å². The van der Waals surface area contributed by atoms with Gasteiger partial charge in [-0.05, 0) is 53.6 Å². The highest BCUT2D eigenvalue weighted by Gasteiger charge is 2.08. The van der Waals surface area contributed by atoms with Crippen molar-refractivity contribution >= 4 is 5.69 Å². The Morgan fingerprint density at radius 2 is 2.14 bits per heavy atom. The van der Waals surface area contributed by atoms with Crippen LogP contribution in [-0.4, -0.2) is 25.2 Å². The fourth-order valence-electron chi connectivity index (χ4n) is 2.15. The lowest BCUT2D eigenvalue weighted by molar-refractivity contribution is 0.784. The largest absolute Gasteiger partial charge is 0.377 e. The Balaban J connectivity index is 1.84. The van der Waals surface area contributed by atoms with Crippen LogP contribution in [0.2, 0.25) is 0 Å². The van der Waals surface area contributed by atoms with Gasteiger partial charge in [0.15, 0.2) is 0 Å². The molecule has 6 heteroatoms. The summed E-state index contributed by atoms with van der Waals surface area (Å²) >= 11 is 0. The fraction of sp³-hybridized carbons (Fsp3) is 0.200. The molecule has 0 aliphatic carbocycles. The minimum absolute atomic E-state index is 0.157. The third-order valence-corrected chi connectivity index (χ3v) is 3.39. The van der Waals surface area contributed by atoms with Gasteiger partial charge >= 0.3 is 0 Å². The first kappa shape index (κ1) is 13.2. The van der Waals surface area contributed by atoms with Gasteiger partial charge in [0.2, 0.25) is 0 Å². The summed E-state index contributed by atoms with van der Waals surface area (Å²) in [6, 6.07) is 10.3. The van der Waals surface area contributed by atoms with E-state index in [1.165, 1.54) is 5.56 Å². The highest BCUT2D eigenvalue weighted by molar-refractivity contribution is 5.50. The number of nitrogens with zero attached hydrogens (tertiary/aromatic N) is 5. The summed E-state index contributed by atoms with van der Waals surface area (Å²) in [6.45, 7) is 4.18. The summed E-state index contributed by atoms with van der Waals surface area (Å²) < 4.78 is 1.64. The van der Waals surface area contributed by atoms with Gasteiger partial charge in [-0.25, -0.2) is 4.68 Å². The predicted octanol–water partition coefficient (Wildman–Crippen LogP) is 2.54. The summed E-state index contributed by atoms with van der Waals surface area (Å²) in [5.74, 6) is 0. The van der Waals surface area contributed by atoms with Crippen molar-refractivity contribution in [3.05, 3.63) is 60.2 Å². The standard InChI is InChI=1S/C15H16N6/c1-11-6-7-16-9-15(11)18-12(2)13-4-3-5-14(8-13)21-10-17-19-20-21/h3-10,12,18H,1-2H3. The molecule has 0 fully saturated rings. The first-order valence-electron chi connectivity index (χ1n) is 6.74. The molecule has 0 spiro atoms. The van der Waals surface area contributed by atoms with Crippen LogP contribution in [0.15, 0.2) is 49.1 Å². The number of hydrogen-bond acceptors (Lipinski definition) is 5. The van der Waals surface area contributed by atoms with Crippen LogP contribution in [0.1, 0.15) is 24.1 Å². The predicted molar refractivity (Wildman–Crippen MR) is 80.2 cm³/mol. The normalized spacial score (nSPS) is 12.1. The summed E-state index contributed by atoms with van der Waals surface area (Å²) in [4.78, 5) is 4.16. The average molecular weight is 280 g/mol. The maximum Gasteiger partial charge on any atom is 0.143 e. The summed E-state index contributed by atoms with van der Waals surface area (Å²) in [7, 11) is 0. The van der Waals surface area contributed by atoms with Crippen LogP contribution < -0.4 is 5.32 Å². The monoisotopic (exact) mass is 280 g/mol. The van der Waals surface area contributed by atoms with Crippen molar-refractivity contribution in [2.24, 2.45) is 0 Å². The molecule has 0 aliphatic heterocycles. The lowest BCUT2D eigenvalue weighted by Gasteiger charge is -2.17. The van der Waals surface area contributed by atoms with E-state index in [1.54, 1.807) is 17.2 Å². The Morgan fingerprint density at radius 3 is 2.90 bits per heavy atom. The number of aryl methyl sites for hydroxylation is 1. The van der Waals surface area contributed by atoms with E-state index in [9.17, 15) is 0 Å². The summed E-state index contributed by atoms with van der Waals surface area (Å²) in [5.41, 5.74) is 4.31. The Labute approximate surface area is 122 Å². The molecule has 106 valence electrons. The molecule has 0 saturated heterocycles. The summed E-state index contributed by atoms with van der Waals surface area (Å²) in [5, 5.41) is 14.7. The molecule has 1 N–H and O–H groups in total. The van der Waals surface area contributed by atoms with E-state index < -0.39 is 0 Å². The van der Waals surface area contributed by atoms with Crippen LogP contribution >= 0.6 is 0 Å². The van der Waals surface area contributed by atoms with Gasteiger partial charge in [0.25, 0.3) is 0 Å². The van der Waals surface area contributed by atoms with Gasteiger partial charge in [-0.15, -0.1) is 5.10 Å². The molecule has 3 aromatic rings. The molecule has 1 unspecified atom stereocenters.